The minimum Gasteiger partial charge on any atom is -0.328 e. The summed E-state index contributed by atoms with van der Waals surface area (Å²) in [5.41, 5.74) is 4.13. The molecule has 1 fully saturated rings. The molecule has 1 unspecified atom stereocenters. The van der Waals surface area contributed by atoms with Crippen molar-refractivity contribution in [3.63, 3.8) is 0 Å². The first-order valence-corrected chi connectivity index (χ1v) is 9.28. The van der Waals surface area contributed by atoms with Gasteiger partial charge >= 0.3 is 0 Å². The topological polar surface area (TPSA) is 34.0 Å². The molecule has 4 nitrogen and oxygen atoms in total. The average molecular weight is 316 g/mol. The van der Waals surface area contributed by atoms with Crippen molar-refractivity contribution in [2.75, 3.05) is 13.1 Å². The predicted molar refractivity (Wildman–Crippen MR) is 89.4 cm³/mol. The Morgan fingerprint density at radius 2 is 2.09 bits per heavy atom. The van der Waals surface area contributed by atoms with Gasteiger partial charge in [0.05, 0.1) is 16.4 Å². The van der Waals surface area contributed by atoms with Crippen molar-refractivity contribution in [3.05, 3.63) is 33.3 Å². The van der Waals surface area contributed by atoms with E-state index in [1.54, 1.807) is 11.3 Å². The van der Waals surface area contributed by atoms with Gasteiger partial charge in [-0.2, -0.15) is 0 Å². The number of imidazole rings is 1. The molecule has 4 rings (SSSR count). The van der Waals surface area contributed by atoms with Crippen LogP contribution in [0.25, 0.3) is 0 Å². The zero-order chi connectivity index (χ0) is 15.1. The Bertz CT molecular complexity index is 672. The van der Waals surface area contributed by atoms with Crippen LogP contribution >= 0.6 is 11.3 Å². The monoisotopic (exact) mass is 316 g/mol. The highest BCUT2D eigenvalue weighted by molar-refractivity contribution is 7.09. The van der Waals surface area contributed by atoms with E-state index < -0.39 is 0 Å². The number of aryl methyl sites for hydroxylation is 3. The number of rotatable bonds is 3. The maximum atomic E-state index is 4.84. The van der Waals surface area contributed by atoms with Gasteiger partial charge in [0.25, 0.3) is 0 Å². The van der Waals surface area contributed by atoms with Crippen LogP contribution in [0.1, 0.15) is 53.2 Å². The summed E-state index contributed by atoms with van der Waals surface area (Å²) in [5.74, 6) is 1.23. The lowest BCUT2D eigenvalue weighted by molar-refractivity contribution is 0.311. The van der Waals surface area contributed by atoms with Gasteiger partial charge in [0, 0.05) is 36.8 Å². The van der Waals surface area contributed by atoms with Crippen molar-refractivity contribution in [1.82, 2.24) is 19.4 Å². The molecule has 2 aliphatic rings. The van der Waals surface area contributed by atoms with Gasteiger partial charge in [-0.3, -0.25) is 4.90 Å². The lowest BCUT2D eigenvalue weighted by Gasteiger charge is -2.21. The summed E-state index contributed by atoms with van der Waals surface area (Å²) >= 11 is 1.75. The summed E-state index contributed by atoms with van der Waals surface area (Å²) in [6.07, 6.45) is 6.28. The predicted octanol–water partition coefficient (Wildman–Crippen LogP) is 3.28. The zero-order valence-corrected chi connectivity index (χ0v) is 14.3. The number of thiazole rings is 1. The van der Waals surface area contributed by atoms with Crippen LogP contribution in [0.15, 0.2) is 5.38 Å². The highest BCUT2D eigenvalue weighted by atomic mass is 32.1. The molecule has 5 heteroatoms. The second-order valence-corrected chi connectivity index (χ2v) is 7.73. The molecule has 0 radical (unpaired) electrons. The number of hydrogen-bond acceptors (Lipinski definition) is 4. The van der Waals surface area contributed by atoms with Crippen LogP contribution in [0, 0.1) is 13.8 Å². The highest BCUT2D eigenvalue weighted by Crippen LogP contribution is 2.30. The molecule has 0 bridgehead atoms. The van der Waals surface area contributed by atoms with E-state index in [0.717, 1.165) is 13.1 Å². The molecule has 3 heterocycles. The molecule has 2 aromatic heterocycles. The Kier molecular flexibility index (Phi) is 3.78. The van der Waals surface area contributed by atoms with Crippen LogP contribution in [0.4, 0.5) is 0 Å². The minimum absolute atomic E-state index is 0.606. The molecule has 0 aromatic carbocycles. The van der Waals surface area contributed by atoms with Gasteiger partial charge in [0.1, 0.15) is 5.82 Å². The van der Waals surface area contributed by atoms with Crippen molar-refractivity contribution in [2.45, 2.75) is 58.5 Å². The molecule has 0 amide bonds. The van der Waals surface area contributed by atoms with Crippen LogP contribution in [-0.4, -0.2) is 32.5 Å². The Hall–Kier alpha value is -1.20. The smallest absolute Gasteiger partial charge is 0.106 e. The first kappa shape index (κ1) is 14.4. The lowest BCUT2D eigenvalue weighted by Crippen LogP contribution is -2.23. The third kappa shape index (κ3) is 2.61. The largest absolute Gasteiger partial charge is 0.328 e. The van der Waals surface area contributed by atoms with E-state index in [4.69, 9.17) is 4.98 Å². The van der Waals surface area contributed by atoms with Crippen LogP contribution < -0.4 is 0 Å². The molecule has 0 N–H and O–H groups in total. The molecular weight excluding hydrogens is 292 g/mol. The molecule has 1 aliphatic heterocycles. The van der Waals surface area contributed by atoms with E-state index in [-0.39, 0.29) is 0 Å². The summed E-state index contributed by atoms with van der Waals surface area (Å²) in [5, 5.41) is 3.37. The SMILES string of the molecule is Cc1nc(CN2CCC(n3c(C)nc4c3CCCC4)C2)cs1. The first-order valence-electron chi connectivity index (χ1n) is 8.40. The minimum atomic E-state index is 0.606. The van der Waals surface area contributed by atoms with Gasteiger partial charge in [-0.05, 0) is 46.0 Å². The molecular formula is C17H24N4S. The van der Waals surface area contributed by atoms with E-state index in [1.807, 2.05) is 0 Å². The quantitative estimate of drug-likeness (QED) is 0.871. The first-order chi connectivity index (χ1) is 10.7. The molecule has 118 valence electrons. The number of aromatic nitrogens is 3. The molecule has 1 atom stereocenters. The van der Waals surface area contributed by atoms with E-state index in [2.05, 4.69) is 33.7 Å². The maximum absolute atomic E-state index is 4.84. The standard InChI is InChI=1S/C17H24N4S/c1-12-18-16-5-3-4-6-17(16)21(12)15-7-8-20(10-15)9-14-11-22-13(2)19-14/h11,15H,3-10H2,1-2H3. The number of likely N-dealkylation sites (tertiary alicyclic amines) is 1. The van der Waals surface area contributed by atoms with E-state index in [0.29, 0.717) is 6.04 Å². The highest BCUT2D eigenvalue weighted by Gasteiger charge is 2.29. The Morgan fingerprint density at radius 3 is 2.91 bits per heavy atom. The van der Waals surface area contributed by atoms with Gasteiger partial charge in [-0.25, -0.2) is 9.97 Å². The van der Waals surface area contributed by atoms with Crippen LogP contribution in [0.3, 0.4) is 0 Å². The fourth-order valence-corrected chi connectivity index (χ4v) is 4.66. The second-order valence-electron chi connectivity index (χ2n) is 6.66. The van der Waals surface area contributed by atoms with E-state index >= 15 is 0 Å². The fourth-order valence-electron chi connectivity index (χ4n) is 4.06. The van der Waals surface area contributed by atoms with Crippen molar-refractivity contribution >= 4 is 11.3 Å². The second kappa shape index (κ2) is 5.78. The number of nitrogens with zero attached hydrogens (tertiary/aromatic N) is 4. The van der Waals surface area contributed by atoms with Gasteiger partial charge < -0.3 is 4.57 Å². The number of fused-ring (bicyclic) bond motifs is 1. The van der Waals surface area contributed by atoms with Gasteiger partial charge in [0.2, 0.25) is 0 Å². The lowest BCUT2D eigenvalue weighted by atomic mass is 10.0. The Balaban J connectivity index is 1.50. The van der Waals surface area contributed by atoms with Crippen molar-refractivity contribution in [3.8, 4) is 0 Å². The molecule has 1 saturated heterocycles. The van der Waals surface area contributed by atoms with Crippen LogP contribution in [0.5, 0.6) is 0 Å². The zero-order valence-electron chi connectivity index (χ0n) is 13.5. The van der Waals surface area contributed by atoms with E-state index in [1.165, 1.54) is 66.6 Å². The summed E-state index contributed by atoms with van der Waals surface area (Å²) in [7, 11) is 0. The van der Waals surface area contributed by atoms with E-state index in [9.17, 15) is 0 Å². The Morgan fingerprint density at radius 1 is 1.23 bits per heavy atom. The molecule has 1 aliphatic carbocycles. The summed E-state index contributed by atoms with van der Waals surface area (Å²) in [6, 6.07) is 0.606. The van der Waals surface area contributed by atoms with Crippen molar-refractivity contribution in [1.29, 1.82) is 0 Å². The van der Waals surface area contributed by atoms with Gasteiger partial charge in [-0.1, -0.05) is 0 Å². The maximum Gasteiger partial charge on any atom is 0.106 e. The van der Waals surface area contributed by atoms with Gasteiger partial charge in [-0.15, -0.1) is 11.3 Å². The third-order valence-electron chi connectivity index (χ3n) is 5.01. The summed E-state index contributed by atoms with van der Waals surface area (Å²) < 4.78 is 2.56. The van der Waals surface area contributed by atoms with Crippen molar-refractivity contribution in [2.24, 2.45) is 0 Å². The van der Waals surface area contributed by atoms with Crippen molar-refractivity contribution < 1.29 is 0 Å². The van der Waals surface area contributed by atoms with Gasteiger partial charge in [0.15, 0.2) is 0 Å². The molecule has 22 heavy (non-hydrogen) atoms. The van der Waals surface area contributed by atoms with Crippen LogP contribution in [-0.2, 0) is 19.4 Å². The average Bonchev–Trinajstić information content (AvgIpc) is 3.18. The summed E-state index contributed by atoms with van der Waals surface area (Å²) in [6.45, 7) is 7.58. The number of hydrogen-bond donors (Lipinski definition) is 0. The van der Waals surface area contributed by atoms with Crippen LogP contribution in [0.2, 0.25) is 0 Å². The third-order valence-corrected chi connectivity index (χ3v) is 5.83. The summed E-state index contributed by atoms with van der Waals surface area (Å²) in [4.78, 5) is 12.0. The molecule has 0 spiro atoms. The molecule has 2 aromatic rings. The Labute approximate surface area is 136 Å². The molecule has 0 saturated carbocycles. The normalized spacial score (nSPS) is 22.2. The fraction of sp³-hybridized carbons (Fsp3) is 0.647.